The monoisotopic (exact) mass is 354 g/mol. The van der Waals surface area contributed by atoms with Gasteiger partial charge in [0.2, 0.25) is 0 Å². The summed E-state index contributed by atoms with van der Waals surface area (Å²) in [5.74, 6) is 0.451. The standard InChI is InChI=1S/C18H30N4O.ClH/c1-3-21-8-10-22(11-9-21)14-15(2)13-20-18(23)17-6-4-16(12-19)5-7-17;/h4-7,15H,3,8-14,19H2,1-2H3,(H,20,23);1H. The Labute approximate surface area is 152 Å². The summed E-state index contributed by atoms with van der Waals surface area (Å²) in [5.41, 5.74) is 7.32. The zero-order chi connectivity index (χ0) is 16.7. The van der Waals surface area contributed by atoms with E-state index in [1.165, 1.54) is 0 Å². The minimum Gasteiger partial charge on any atom is -0.352 e. The smallest absolute Gasteiger partial charge is 0.251 e. The average molecular weight is 355 g/mol. The lowest BCUT2D eigenvalue weighted by molar-refractivity contribution is 0.0933. The second-order valence-electron chi connectivity index (χ2n) is 6.45. The van der Waals surface area contributed by atoms with Crippen molar-refractivity contribution in [1.82, 2.24) is 15.1 Å². The van der Waals surface area contributed by atoms with E-state index in [0.29, 0.717) is 24.6 Å². The number of nitrogens with two attached hydrogens (primary N) is 1. The third kappa shape index (κ3) is 6.40. The second-order valence-corrected chi connectivity index (χ2v) is 6.45. The fourth-order valence-electron chi connectivity index (χ4n) is 2.95. The normalized spacial score (nSPS) is 17.1. The summed E-state index contributed by atoms with van der Waals surface area (Å²) in [6.45, 7) is 12.4. The highest BCUT2D eigenvalue weighted by Crippen LogP contribution is 2.06. The Morgan fingerprint density at radius 3 is 2.29 bits per heavy atom. The minimum absolute atomic E-state index is 0. The molecule has 0 bridgehead atoms. The van der Waals surface area contributed by atoms with Crippen molar-refractivity contribution >= 4 is 18.3 Å². The molecule has 0 spiro atoms. The van der Waals surface area contributed by atoms with Crippen molar-refractivity contribution in [2.24, 2.45) is 11.7 Å². The van der Waals surface area contributed by atoms with Gasteiger partial charge in [-0.05, 0) is 30.2 Å². The number of amides is 1. The van der Waals surface area contributed by atoms with Gasteiger partial charge in [0.15, 0.2) is 0 Å². The Morgan fingerprint density at radius 2 is 1.75 bits per heavy atom. The van der Waals surface area contributed by atoms with Crippen LogP contribution in [-0.2, 0) is 6.54 Å². The van der Waals surface area contributed by atoms with Crippen LogP contribution in [0.1, 0.15) is 29.8 Å². The van der Waals surface area contributed by atoms with Crippen LogP contribution in [0.15, 0.2) is 24.3 Å². The van der Waals surface area contributed by atoms with Gasteiger partial charge in [-0.2, -0.15) is 0 Å². The maximum atomic E-state index is 12.2. The minimum atomic E-state index is -0.00350. The first-order valence-corrected chi connectivity index (χ1v) is 8.64. The quantitative estimate of drug-likeness (QED) is 0.780. The van der Waals surface area contributed by atoms with E-state index in [1.54, 1.807) is 0 Å². The van der Waals surface area contributed by atoms with Gasteiger partial charge in [0, 0.05) is 51.4 Å². The highest BCUT2D eigenvalue weighted by Gasteiger charge is 2.17. The molecule has 1 aromatic rings. The van der Waals surface area contributed by atoms with Gasteiger partial charge in [-0.3, -0.25) is 4.79 Å². The highest BCUT2D eigenvalue weighted by atomic mass is 35.5. The molecule has 1 atom stereocenters. The van der Waals surface area contributed by atoms with Gasteiger partial charge in [0.1, 0.15) is 0 Å². The van der Waals surface area contributed by atoms with Gasteiger partial charge < -0.3 is 20.9 Å². The fraction of sp³-hybridized carbons (Fsp3) is 0.611. The Bertz CT molecular complexity index is 486. The van der Waals surface area contributed by atoms with Gasteiger partial charge in [0.05, 0.1) is 0 Å². The Balaban J connectivity index is 0.00000288. The number of carbonyl (C=O) groups is 1. The summed E-state index contributed by atoms with van der Waals surface area (Å²) >= 11 is 0. The molecule has 1 heterocycles. The summed E-state index contributed by atoms with van der Waals surface area (Å²) < 4.78 is 0. The van der Waals surface area contributed by atoms with Crippen LogP contribution in [0.4, 0.5) is 0 Å². The molecular weight excluding hydrogens is 324 g/mol. The van der Waals surface area contributed by atoms with Crippen molar-refractivity contribution in [2.45, 2.75) is 20.4 Å². The van der Waals surface area contributed by atoms with E-state index in [-0.39, 0.29) is 18.3 Å². The van der Waals surface area contributed by atoms with E-state index >= 15 is 0 Å². The zero-order valence-corrected chi connectivity index (χ0v) is 15.6. The van der Waals surface area contributed by atoms with Gasteiger partial charge in [0.25, 0.3) is 5.91 Å². The molecule has 3 N–H and O–H groups in total. The van der Waals surface area contributed by atoms with Crippen LogP contribution in [0.5, 0.6) is 0 Å². The van der Waals surface area contributed by atoms with Gasteiger partial charge in [-0.15, -0.1) is 12.4 Å². The number of likely N-dealkylation sites (N-methyl/N-ethyl adjacent to an activating group) is 1. The van der Waals surface area contributed by atoms with Crippen LogP contribution in [0.25, 0.3) is 0 Å². The molecule has 24 heavy (non-hydrogen) atoms. The molecule has 1 saturated heterocycles. The van der Waals surface area contributed by atoms with Crippen LogP contribution >= 0.6 is 12.4 Å². The topological polar surface area (TPSA) is 61.6 Å². The zero-order valence-electron chi connectivity index (χ0n) is 14.8. The summed E-state index contributed by atoms with van der Waals surface area (Å²) in [5, 5.41) is 3.04. The number of hydrogen-bond acceptors (Lipinski definition) is 4. The van der Waals surface area contributed by atoms with Crippen LogP contribution in [0.3, 0.4) is 0 Å². The first-order valence-electron chi connectivity index (χ1n) is 8.64. The molecule has 136 valence electrons. The summed E-state index contributed by atoms with van der Waals surface area (Å²) in [6.07, 6.45) is 0. The molecule has 1 aliphatic heterocycles. The lowest BCUT2D eigenvalue weighted by Crippen LogP contribution is -2.48. The molecule has 0 aliphatic carbocycles. The molecule has 0 saturated carbocycles. The van der Waals surface area contributed by atoms with E-state index in [0.717, 1.165) is 44.8 Å². The molecule has 6 heteroatoms. The third-order valence-corrected chi connectivity index (χ3v) is 4.54. The predicted octanol–water partition coefficient (Wildman–Crippen LogP) is 1.57. The van der Waals surface area contributed by atoms with Gasteiger partial charge >= 0.3 is 0 Å². The van der Waals surface area contributed by atoms with Crippen molar-refractivity contribution in [2.75, 3.05) is 45.8 Å². The highest BCUT2D eigenvalue weighted by molar-refractivity contribution is 5.94. The molecule has 5 nitrogen and oxygen atoms in total. The number of hydrogen-bond donors (Lipinski definition) is 2. The molecule has 1 aliphatic rings. The summed E-state index contributed by atoms with van der Waals surface area (Å²) in [4.78, 5) is 17.1. The molecule has 0 radical (unpaired) electrons. The van der Waals surface area contributed by atoms with Gasteiger partial charge in [-0.25, -0.2) is 0 Å². The lowest BCUT2D eigenvalue weighted by atomic mass is 10.1. The lowest BCUT2D eigenvalue weighted by Gasteiger charge is -2.35. The Hall–Kier alpha value is -1.14. The van der Waals surface area contributed by atoms with E-state index in [9.17, 15) is 4.79 Å². The molecule has 0 aromatic heterocycles. The first kappa shape index (κ1) is 20.9. The number of nitrogens with zero attached hydrogens (tertiary/aromatic N) is 2. The van der Waals surface area contributed by atoms with Crippen molar-refractivity contribution < 1.29 is 4.79 Å². The van der Waals surface area contributed by atoms with Crippen molar-refractivity contribution in [1.29, 1.82) is 0 Å². The second kappa shape index (κ2) is 10.7. The van der Waals surface area contributed by atoms with Crippen molar-refractivity contribution in [3.8, 4) is 0 Å². The van der Waals surface area contributed by atoms with Gasteiger partial charge in [-0.1, -0.05) is 26.0 Å². The maximum Gasteiger partial charge on any atom is 0.251 e. The Morgan fingerprint density at radius 1 is 1.17 bits per heavy atom. The first-order chi connectivity index (χ1) is 11.1. The third-order valence-electron chi connectivity index (χ3n) is 4.54. The number of benzene rings is 1. The van der Waals surface area contributed by atoms with E-state index in [4.69, 9.17) is 5.73 Å². The SMILES string of the molecule is CCN1CCN(CC(C)CNC(=O)c2ccc(CN)cc2)CC1.Cl. The predicted molar refractivity (Wildman–Crippen MR) is 102 cm³/mol. The van der Waals surface area contributed by atoms with Crippen molar-refractivity contribution in [3.63, 3.8) is 0 Å². The van der Waals surface area contributed by atoms with Crippen LogP contribution in [0.2, 0.25) is 0 Å². The molecule has 2 rings (SSSR count). The molecule has 1 unspecified atom stereocenters. The van der Waals surface area contributed by atoms with Crippen LogP contribution < -0.4 is 11.1 Å². The Kier molecular flexibility index (Phi) is 9.29. The number of piperazine rings is 1. The summed E-state index contributed by atoms with van der Waals surface area (Å²) in [7, 11) is 0. The van der Waals surface area contributed by atoms with E-state index in [1.807, 2.05) is 24.3 Å². The largest absolute Gasteiger partial charge is 0.352 e. The number of rotatable bonds is 7. The number of halogens is 1. The fourth-order valence-corrected chi connectivity index (χ4v) is 2.95. The molecule has 1 amide bonds. The molecule has 1 fully saturated rings. The molecule has 1 aromatic carbocycles. The summed E-state index contributed by atoms with van der Waals surface area (Å²) in [6, 6.07) is 7.50. The van der Waals surface area contributed by atoms with Crippen molar-refractivity contribution in [3.05, 3.63) is 35.4 Å². The van der Waals surface area contributed by atoms with Crippen LogP contribution in [-0.4, -0.2) is 61.5 Å². The van der Waals surface area contributed by atoms with E-state index in [2.05, 4.69) is 29.0 Å². The number of nitrogens with one attached hydrogen (secondary N) is 1. The van der Waals surface area contributed by atoms with Crippen LogP contribution in [0, 0.1) is 5.92 Å². The maximum absolute atomic E-state index is 12.2. The van der Waals surface area contributed by atoms with E-state index < -0.39 is 0 Å². The number of carbonyl (C=O) groups excluding carboxylic acids is 1. The average Bonchev–Trinajstić information content (AvgIpc) is 2.60. The molecular formula is C18H31ClN4O.